The third kappa shape index (κ3) is 3.54. The molecule has 5 rings (SSSR count). The van der Waals surface area contributed by atoms with Crippen molar-refractivity contribution in [3.8, 4) is 0 Å². The van der Waals surface area contributed by atoms with Crippen molar-refractivity contribution in [2.45, 2.75) is 46.0 Å². The molecule has 1 atom stereocenters. The number of anilines is 2. The average molecular weight is 447 g/mol. The summed E-state index contributed by atoms with van der Waals surface area (Å²) >= 11 is 0. The van der Waals surface area contributed by atoms with Gasteiger partial charge in [-0.1, -0.05) is 0 Å². The molecule has 1 saturated heterocycles. The van der Waals surface area contributed by atoms with Crippen LogP contribution in [0.25, 0.3) is 5.65 Å². The highest BCUT2D eigenvalue weighted by molar-refractivity contribution is 5.60. The van der Waals surface area contributed by atoms with Gasteiger partial charge in [0.25, 0.3) is 5.82 Å². The second-order valence-electron chi connectivity index (χ2n) is 8.43. The quantitative estimate of drug-likeness (QED) is 0.598. The van der Waals surface area contributed by atoms with E-state index in [4.69, 9.17) is 4.74 Å². The number of hydrogen-bond acceptors (Lipinski definition) is 7. The number of alkyl halides is 3. The van der Waals surface area contributed by atoms with Crippen LogP contribution in [0.5, 0.6) is 0 Å². The summed E-state index contributed by atoms with van der Waals surface area (Å²) in [5.74, 6) is -0.601. The first-order chi connectivity index (χ1) is 15.2. The molecule has 0 radical (unpaired) electrons. The van der Waals surface area contributed by atoms with E-state index < -0.39 is 12.0 Å². The van der Waals surface area contributed by atoms with Gasteiger partial charge in [-0.25, -0.2) is 0 Å². The molecule has 2 aliphatic rings. The second kappa shape index (κ2) is 7.58. The van der Waals surface area contributed by atoms with Gasteiger partial charge in [-0.2, -0.15) is 17.7 Å². The molecule has 0 amide bonds. The first kappa shape index (κ1) is 20.9. The number of fused-ring (bicyclic) bond motifs is 2. The molecule has 0 aromatic carbocycles. The average Bonchev–Trinajstić information content (AvgIpc) is 3.20. The predicted molar refractivity (Wildman–Crippen MR) is 112 cm³/mol. The molecular weight excluding hydrogens is 423 g/mol. The number of hydrogen-bond donors (Lipinski definition) is 0. The highest BCUT2D eigenvalue weighted by Crippen LogP contribution is 2.32. The molecule has 0 saturated carbocycles. The molecule has 0 unspecified atom stereocenters. The van der Waals surface area contributed by atoms with Gasteiger partial charge in [0.2, 0.25) is 0 Å². The van der Waals surface area contributed by atoms with E-state index in [1.807, 2.05) is 24.9 Å². The number of morpholine rings is 1. The minimum Gasteiger partial charge on any atom is -0.375 e. The van der Waals surface area contributed by atoms with Gasteiger partial charge in [-0.15, -0.1) is 15.3 Å². The van der Waals surface area contributed by atoms with Crippen molar-refractivity contribution in [3.63, 3.8) is 0 Å². The molecule has 170 valence electrons. The maximum absolute atomic E-state index is 13.4. The largest absolute Gasteiger partial charge is 0.453 e. The Morgan fingerprint density at radius 1 is 1.09 bits per heavy atom. The second-order valence-corrected chi connectivity index (χ2v) is 8.43. The zero-order valence-electron chi connectivity index (χ0n) is 18.1. The third-order valence-electron chi connectivity index (χ3n) is 6.25. The number of pyridine rings is 1. The van der Waals surface area contributed by atoms with Crippen LogP contribution >= 0.6 is 0 Å². The van der Waals surface area contributed by atoms with Gasteiger partial charge in [0.05, 0.1) is 24.6 Å². The fourth-order valence-electron chi connectivity index (χ4n) is 4.41. The lowest BCUT2D eigenvalue weighted by atomic mass is 10.0. The minimum absolute atomic E-state index is 0.126. The summed E-state index contributed by atoms with van der Waals surface area (Å²) in [5.41, 5.74) is 4.68. The number of aromatic nitrogens is 5. The molecular formula is C21H24F3N7O. The lowest BCUT2D eigenvalue weighted by molar-refractivity contribution is -0.146. The molecule has 0 N–H and O–H groups in total. The van der Waals surface area contributed by atoms with Crippen LogP contribution in [0.3, 0.4) is 0 Å². The topological polar surface area (TPSA) is 71.7 Å². The normalized spacial score (nSPS) is 19.5. The summed E-state index contributed by atoms with van der Waals surface area (Å²) in [7, 11) is 0. The van der Waals surface area contributed by atoms with Crippen molar-refractivity contribution < 1.29 is 17.9 Å². The number of nitrogens with zero attached hydrogens (tertiary/aromatic N) is 7. The van der Waals surface area contributed by atoms with Gasteiger partial charge in [-0.05, 0) is 32.4 Å². The Morgan fingerprint density at radius 2 is 1.91 bits per heavy atom. The van der Waals surface area contributed by atoms with Crippen molar-refractivity contribution in [3.05, 3.63) is 40.5 Å². The molecule has 3 aromatic heterocycles. The van der Waals surface area contributed by atoms with Gasteiger partial charge in [-0.3, -0.25) is 4.98 Å². The van der Waals surface area contributed by atoms with Gasteiger partial charge >= 0.3 is 6.18 Å². The third-order valence-corrected chi connectivity index (χ3v) is 6.25. The maximum Gasteiger partial charge on any atom is 0.453 e. The van der Waals surface area contributed by atoms with Crippen molar-refractivity contribution in [2.75, 3.05) is 36.0 Å². The number of rotatable bonds is 2. The summed E-state index contributed by atoms with van der Waals surface area (Å²) in [4.78, 5) is 8.94. The van der Waals surface area contributed by atoms with E-state index >= 15 is 0 Å². The zero-order valence-corrected chi connectivity index (χ0v) is 18.1. The molecule has 32 heavy (non-hydrogen) atoms. The van der Waals surface area contributed by atoms with Crippen LogP contribution in [-0.2, 0) is 23.9 Å². The van der Waals surface area contributed by atoms with Crippen LogP contribution in [-0.4, -0.2) is 57.1 Å². The van der Waals surface area contributed by atoms with Crippen LogP contribution in [0, 0.1) is 13.8 Å². The van der Waals surface area contributed by atoms with E-state index in [2.05, 4.69) is 31.2 Å². The monoisotopic (exact) mass is 447 g/mol. The van der Waals surface area contributed by atoms with Gasteiger partial charge in [0.1, 0.15) is 0 Å². The fourth-order valence-corrected chi connectivity index (χ4v) is 4.41. The lowest BCUT2D eigenvalue weighted by Crippen LogP contribution is -2.41. The van der Waals surface area contributed by atoms with E-state index in [1.165, 1.54) is 0 Å². The first-order valence-electron chi connectivity index (χ1n) is 10.6. The standard InChI is InChI=1S/C21H24F3N7O/c1-12-10-29(6-7-32-12)16-8-15-11-30(5-4-17(15)25-9-16)19-14(3)13(2)18-26-27-20(21(22,23)24)31(18)28-19/h8-9,12H,4-7,10-11H2,1-3H3/t12-/m1/s1. The van der Waals surface area contributed by atoms with E-state index in [-0.39, 0.29) is 11.8 Å². The Balaban J connectivity index is 1.50. The summed E-state index contributed by atoms with van der Waals surface area (Å²) in [6, 6.07) is 2.13. The SMILES string of the molecule is Cc1c(N2CCc3ncc(N4CCO[C@H](C)C4)cc3C2)nn2c(C(F)(F)F)nnc2c1C. The van der Waals surface area contributed by atoms with Crippen LogP contribution in [0.2, 0.25) is 0 Å². The molecule has 5 heterocycles. The Hall–Kier alpha value is -2.95. The fraction of sp³-hybridized carbons (Fsp3) is 0.524. The van der Waals surface area contributed by atoms with Crippen molar-refractivity contribution in [1.29, 1.82) is 0 Å². The van der Waals surface area contributed by atoms with E-state index in [0.717, 1.165) is 40.1 Å². The van der Waals surface area contributed by atoms with Gasteiger partial charge in [0, 0.05) is 49.4 Å². The molecule has 0 aliphatic carbocycles. The highest BCUT2D eigenvalue weighted by Gasteiger charge is 2.38. The summed E-state index contributed by atoms with van der Waals surface area (Å²) in [6.07, 6.45) is -1.88. The van der Waals surface area contributed by atoms with Crippen LogP contribution in [0.1, 0.15) is 35.1 Å². The predicted octanol–water partition coefficient (Wildman–Crippen LogP) is 2.94. The molecule has 3 aromatic rings. The van der Waals surface area contributed by atoms with Gasteiger partial charge in [0.15, 0.2) is 11.5 Å². The number of halogens is 3. The van der Waals surface area contributed by atoms with Gasteiger partial charge < -0.3 is 14.5 Å². The zero-order chi connectivity index (χ0) is 22.6. The lowest BCUT2D eigenvalue weighted by Gasteiger charge is -2.34. The first-order valence-corrected chi connectivity index (χ1v) is 10.6. The Morgan fingerprint density at radius 3 is 2.66 bits per heavy atom. The summed E-state index contributed by atoms with van der Waals surface area (Å²) < 4.78 is 46.7. The van der Waals surface area contributed by atoms with Crippen molar-refractivity contribution in [2.24, 2.45) is 0 Å². The smallest absolute Gasteiger partial charge is 0.375 e. The Bertz CT molecular complexity index is 1180. The summed E-state index contributed by atoms with van der Waals surface area (Å²) in [5, 5.41) is 11.4. The maximum atomic E-state index is 13.4. The van der Waals surface area contributed by atoms with Crippen molar-refractivity contribution in [1.82, 2.24) is 24.8 Å². The van der Waals surface area contributed by atoms with Crippen LogP contribution < -0.4 is 9.80 Å². The molecule has 0 bridgehead atoms. The Kier molecular flexibility index (Phi) is 4.95. The minimum atomic E-state index is -4.63. The molecule has 2 aliphatic heterocycles. The molecule has 8 nitrogen and oxygen atoms in total. The van der Waals surface area contributed by atoms with E-state index in [0.29, 0.717) is 37.5 Å². The van der Waals surface area contributed by atoms with Crippen LogP contribution in [0.4, 0.5) is 24.7 Å². The van der Waals surface area contributed by atoms with E-state index in [9.17, 15) is 13.2 Å². The highest BCUT2D eigenvalue weighted by atomic mass is 19.4. The molecule has 11 heteroatoms. The molecule has 0 spiro atoms. The summed E-state index contributed by atoms with van der Waals surface area (Å²) in [6.45, 7) is 9.09. The van der Waals surface area contributed by atoms with Crippen LogP contribution in [0.15, 0.2) is 12.3 Å². The number of aryl methyl sites for hydroxylation is 1. The van der Waals surface area contributed by atoms with Crippen molar-refractivity contribution >= 4 is 17.2 Å². The molecule has 1 fully saturated rings. The number of ether oxygens (including phenoxy) is 1. The Labute approximate surface area is 183 Å². The van der Waals surface area contributed by atoms with E-state index in [1.54, 1.807) is 6.92 Å².